The van der Waals surface area contributed by atoms with E-state index in [2.05, 4.69) is 44.7 Å². The van der Waals surface area contributed by atoms with E-state index in [1.54, 1.807) is 18.3 Å². The van der Waals surface area contributed by atoms with Crippen molar-refractivity contribution in [3.63, 3.8) is 0 Å². The third-order valence-corrected chi connectivity index (χ3v) is 7.35. The van der Waals surface area contributed by atoms with Gasteiger partial charge < -0.3 is 9.38 Å². The summed E-state index contributed by atoms with van der Waals surface area (Å²) < 4.78 is 45.8. The summed E-state index contributed by atoms with van der Waals surface area (Å²) >= 11 is 0. The molecule has 1 radical (unpaired) electrons. The largest absolute Gasteiger partial charge is 0.348 e. The molecule has 8 aromatic rings. The van der Waals surface area contributed by atoms with Crippen molar-refractivity contribution in [2.75, 3.05) is 0 Å². The Kier molecular flexibility index (Phi) is 5.91. The molecule has 0 spiro atoms. The summed E-state index contributed by atoms with van der Waals surface area (Å²) in [4.78, 5) is 8.57. The minimum Gasteiger partial charge on any atom is -0.348 e. The van der Waals surface area contributed by atoms with Gasteiger partial charge in [0.25, 0.3) is 0 Å². The molecule has 4 aromatic heterocycles. The van der Waals surface area contributed by atoms with Crippen LogP contribution in [0.25, 0.3) is 60.6 Å². The fourth-order valence-corrected chi connectivity index (χ4v) is 5.39. The molecule has 211 valence electrons. The van der Waals surface area contributed by atoms with Gasteiger partial charge in [0.2, 0.25) is 0 Å². The van der Waals surface area contributed by atoms with E-state index in [0.717, 1.165) is 49.4 Å². The van der Waals surface area contributed by atoms with Crippen molar-refractivity contribution in [1.29, 1.82) is 10.5 Å². The van der Waals surface area contributed by atoms with Gasteiger partial charge in [0, 0.05) is 57.5 Å². The maximum atomic E-state index is 9.40. The van der Waals surface area contributed by atoms with Crippen LogP contribution in [0.2, 0.25) is 0 Å². The number of rotatable bonds is 2. The van der Waals surface area contributed by atoms with Crippen molar-refractivity contribution < 1.29 is 28.3 Å². The summed E-state index contributed by atoms with van der Waals surface area (Å²) in [6.45, 7) is -4.34. The standard InChI is InChI=1S/C25H11N4.C13H12N.Ir/c26-13-15-4-6-18-20-11-17(22-3-1-2-8-28-22)12-21-19-7-5-16(14-27)10-24(19)29(25(20)21)23(18)9-15;1-10-3-6-12(7-4-10)13-8-5-11(2)9-14-13;/h1-11H;3-6,8-9H,1-2H3;/q2*-1;/i;1D3,2D3;. The zero-order valence-electron chi connectivity index (χ0n) is 28.9. The van der Waals surface area contributed by atoms with Crippen LogP contribution in [-0.4, -0.2) is 14.4 Å². The molecule has 0 bridgehead atoms. The molecule has 8 rings (SSSR count). The molecule has 44 heavy (non-hydrogen) atoms. The number of hydrogen-bond donors (Lipinski definition) is 0. The SMILES string of the molecule is N#Cc1ccc2c3[c-]c(-c4ccccn4)cc4c5ccc(C#N)cc5n(c2c1)c34.[2H]C([2H])([2H])c1c[c-]c(-c2ccc(C([2H])([2H])[2H])cn2)cc1.[Ir]. The van der Waals surface area contributed by atoms with Gasteiger partial charge in [-0.15, -0.1) is 47.5 Å². The molecular weight excluding hydrogens is 719 g/mol. The normalized spacial score (nSPS) is 13.3. The molecule has 0 saturated carbocycles. The summed E-state index contributed by atoms with van der Waals surface area (Å²) in [6.07, 6.45) is 3.08. The van der Waals surface area contributed by atoms with Crippen molar-refractivity contribution >= 4 is 38.1 Å². The topological polar surface area (TPSA) is 77.8 Å². The van der Waals surface area contributed by atoms with Crippen LogP contribution < -0.4 is 0 Å². The van der Waals surface area contributed by atoms with Crippen LogP contribution in [-0.2, 0) is 20.1 Å². The second kappa shape index (κ2) is 11.7. The predicted octanol–water partition coefficient (Wildman–Crippen LogP) is 8.61. The fraction of sp³-hybridized carbons (Fsp3) is 0.0526. The van der Waals surface area contributed by atoms with E-state index in [1.165, 1.54) is 24.4 Å². The van der Waals surface area contributed by atoms with Crippen molar-refractivity contribution in [2.45, 2.75) is 13.7 Å². The minimum atomic E-state index is -2.18. The van der Waals surface area contributed by atoms with Crippen LogP contribution in [0.15, 0.2) is 103 Å². The van der Waals surface area contributed by atoms with Gasteiger partial charge in [-0.2, -0.15) is 10.5 Å². The molecule has 0 saturated heterocycles. The minimum absolute atomic E-state index is 0. The Morgan fingerprint density at radius 3 is 2.09 bits per heavy atom. The van der Waals surface area contributed by atoms with Gasteiger partial charge in [-0.25, -0.2) is 0 Å². The van der Waals surface area contributed by atoms with E-state index in [4.69, 9.17) is 8.22 Å². The van der Waals surface area contributed by atoms with Crippen LogP contribution in [0.1, 0.15) is 30.5 Å². The molecule has 0 aliphatic rings. The smallest absolute Gasteiger partial charge is 0.0992 e. The van der Waals surface area contributed by atoms with Crippen molar-refractivity contribution in [1.82, 2.24) is 14.4 Å². The molecule has 0 N–H and O–H groups in total. The van der Waals surface area contributed by atoms with E-state index >= 15 is 0 Å². The maximum absolute atomic E-state index is 9.40. The second-order valence-electron chi connectivity index (χ2n) is 9.98. The zero-order valence-corrected chi connectivity index (χ0v) is 25.3. The van der Waals surface area contributed by atoms with Crippen LogP contribution in [0.4, 0.5) is 0 Å². The molecular formula is C38H23IrN5-2. The number of nitriles is 2. The molecule has 0 aliphatic heterocycles. The number of fused-ring (bicyclic) bond motifs is 6. The van der Waals surface area contributed by atoms with Crippen LogP contribution >= 0.6 is 0 Å². The monoisotopic (exact) mass is 748 g/mol. The Balaban J connectivity index is 0.000000182. The summed E-state index contributed by atoms with van der Waals surface area (Å²) in [6, 6.07) is 37.9. The van der Waals surface area contributed by atoms with Crippen molar-refractivity contribution in [2.24, 2.45) is 0 Å². The fourth-order valence-electron chi connectivity index (χ4n) is 5.39. The van der Waals surface area contributed by atoms with E-state index in [9.17, 15) is 10.5 Å². The number of aryl methyl sites for hydroxylation is 2. The Morgan fingerprint density at radius 2 is 1.45 bits per heavy atom. The summed E-state index contributed by atoms with van der Waals surface area (Å²) in [5.41, 5.74) is 7.51. The molecule has 0 amide bonds. The third-order valence-electron chi connectivity index (χ3n) is 7.35. The average Bonchev–Trinajstić information content (AvgIpc) is 3.62. The van der Waals surface area contributed by atoms with Gasteiger partial charge in [-0.1, -0.05) is 71.0 Å². The first-order valence-electron chi connectivity index (χ1n) is 16.4. The quantitative estimate of drug-likeness (QED) is 0.166. The average molecular weight is 748 g/mol. The van der Waals surface area contributed by atoms with Crippen molar-refractivity contribution in [3.8, 4) is 34.7 Å². The van der Waals surface area contributed by atoms with Gasteiger partial charge in [-0.05, 0) is 53.3 Å². The van der Waals surface area contributed by atoms with Gasteiger partial charge in [0.1, 0.15) is 0 Å². The molecule has 0 atom stereocenters. The molecule has 0 fully saturated rings. The zero-order chi connectivity index (χ0) is 34.5. The second-order valence-corrected chi connectivity index (χ2v) is 9.98. The first kappa shape index (κ1) is 22.2. The predicted molar refractivity (Wildman–Crippen MR) is 171 cm³/mol. The van der Waals surface area contributed by atoms with Gasteiger partial charge in [-0.3, -0.25) is 4.98 Å². The summed E-state index contributed by atoms with van der Waals surface area (Å²) in [7, 11) is 0. The Hall–Kier alpha value is -5.39. The molecule has 6 heteroatoms. The maximum Gasteiger partial charge on any atom is 0.0992 e. The van der Waals surface area contributed by atoms with Gasteiger partial charge >= 0.3 is 0 Å². The first-order valence-corrected chi connectivity index (χ1v) is 13.4. The van der Waals surface area contributed by atoms with Crippen LogP contribution in [0, 0.1) is 48.5 Å². The van der Waals surface area contributed by atoms with E-state index in [1.807, 2.05) is 54.6 Å². The number of nitrogens with zero attached hydrogens (tertiary/aromatic N) is 5. The number of aromatic nitrogens is 3. The van der Waals surface area contributed by atoms with Gasteiger partial charge in [0.05, 0.1) is 23.3 Å². The molecule has 4 aromatic carbocycles. The molecule has 4 heterocycles. The Morgan fingerprint density at radius 1 is 0.727 bits per heavy atom. The van der Waals surface area contributed by atoms with Gasteiger partial charge in [0.15, 0.2) is 0 Å². The van der Waals surface area contributed by atoms with Crippen LogP contribution in [0.3, 0.4) is 0 Å². The number of hydrogen-bond acceptors (Lipinski definition) is 4. The third kappa shape index (κ3) is 4.97. The van der Waals surface area contributed by atoms with Crippen LogP contribution in [0.5, 0.6) is 0 Å². The van der Waals surface area contributed by atoms with E-state index in [-0.39, 0.29) is 31.2 Å². The number of pyridine rings is 2. The Bertz CT molecular complexity index is 2420. The van der Waals surface area contributed by atoms with Crippen molar-refractivity contribution in [3.05, 3.63) is 138 Å². The molecule has 0 aliphatic carbocycles. The summed E-state index contributed by atoms with van der Waals surface area (Å²) in [5.74, 6) is 0. The molecule has 5 nitrogen and oxygen atoms in total. The van der Waals surface area contributed by atoms with E-state index in [0.29, 0.717) is 22.4 Å². The molecule has 0 unspecified atom stereocenters. The first-order chi connectivity index (χ1) is 23.5. The number of benzene rings is 4. The summed E-state index contributed by atoms with van der Waals surface area (Å²) in [5, 5.41) is 23.0. The Labute approximate surface area is 276 Å². The van der Waals surface area contributed by atoms with E-state index < -0.39 is 13.7 Å².